The molecule has 1 saturated carbocycles. The summed E-state index contributed by atoms with van der Waals surface area (Å²) in [4.78, 5) is 38.3. The van der Waals surface area contributed by atoms with Crippen LogP contribution >= 0.6 is 0 Å². The molecule has 7 nitrogen and oxygen atoms in total. The van der Waals surface area contributed by atoms with Gasteiger partial charge in [-0.05, 0) is 47.4 Å². The van der Waals surface area contributed by atoms with Gasteiger partial charge >= 0.3 is 12.1 Å². The van der Waals surface area contributed by atoms with Gasteiger partial charge in [0.15, 0.2) is 0 Å². The fraction of sp³-hybridized carbons (Fsp3) is 0.464. The number of hydrogen-bond donors (Lipinski definition) is 2. The summed E-state index contributed by atoms with van der Waals surface area (Å²) in [5.74, 6) is -0.507. The third kappa shape index (κ3) is 6.02. The van der Waals surface area contributed by atoms with Crippen LogP contribution in [0, 0.1) is 11.3 Å². The van der Waals surface area contributed by atoms with Crippen molar-refractivity contribution in [3.05, 3.63) is 59.7 Å². The van der Waals surface area contributed by atoms with Gasteiger partial charge in [-0.15, -0.1) is 0 Å². The molecule has 1 fully saturated rings. The molecule has 2 aromatic carbocycles. The fourth-order valence-corrected chi connectivity index (χ4v) is 4.78. The van der Waals surface area contributed by atoms with E-state index in [2.05, 4.69) is 29.6 Å². The van der Waals surface area contributed by atoms with E-state index in [4.69, 9.17) is 9.84 Å². The SMILES string of the molecule is CC(C)(CCNC(=O)OCC1c2ccccc2-c2ccccc21)C(=O)N(CCC(=O)O)CC1CC1. The molecule has 0 heterocycles. The van der Waals surface area contributed by atoms with E-state index in [0.29, 0.717) is 25.4 Å². The molecule has 0 atom stereocenters. The number of rotatable bonds is 11. The van der Waals surface area contributed by atoms with Crippen molar-refractivity contribution in [2.75, 3.05) is 26.2 Å². The Labute approximate surface area is 206 Å². The third-order valence-electron chi connectivity index (χ3n) is 7.00. The Kier molecular flexibility index (Phi) is 7.43. The van der Waals surface area contributed by atoms with Gasteiger partial charge in [-0.2, -0.15) is 0 Å². The average molecular weight is 479 g/mol. The zero-order chi connectivity index (χ0) is 25.0. The highest BCUT2D eigenvalue weighted by Gasteiger charge is 2.35. The number of ether oxygens (including phenoxy) is 1. The lowest BCUT2D eigenvalue weighted by atomic mass is 9.87. The zero-order valence-electron chi connectivity index (χ0n) is 20.5. The molecule has 186 valence electrons. The number of carbonyl (C=O) groups excluding carboxylic acids is 2. The highest BCUT2D eigenvalue weighted by Crippen LogP contribution is 2.44. The van der Waals surface area contributed by atoms with Crippen molar-refractivity contribution >= 4 is 18.0 Å². The molecule has 0 aliphatic heterocycles. The Morgan fingerprint density at radius 1 is 1.03 bits per heavy atom. The molecule has 2 amide bonds. The van der Waals surface area contributed by atoms with Crippen molar-refractivity contribution in [1.29, 1.82) is 0 Å². The second-order valence-electron chi connectivity index (χ2n) is 10.2. The number of aliphatic carboxylic acids is 1. The average Bonchev–Trinajstić information content (AvgIpc) is 3.60. The normalized spacial score (nSPS) is 14.7. The lowest BCUT2D eigenvalue weighted by molar-refractivity contribution is -0.143. The highest BCUT2D eigenvalue weighted by atomic mass is 16.5. The predicted octanol–water partition coefficient (Wildman–Crippen LogP) is 4.65. The van der Waals surface area contributed by atoms with E-state index in [9.17, 15) is 14.4 Å². The molecule has 4 rings (SSSR count). The van der Waals surface area contributed by atoms with Crippen LogP contribution in [0.3, 0.4) is 0 Å². The van der Waals surface area contributed by atoms with Crippen molar-refractivity contribution in [3.63, 3.8) is 0 Å². The van der Waals surface area contributed by atoms with Crippen LogP contribution in [0.5, 0.6) is 0 Å². The van der Waals surface area contributed by atoms with Gasteiger partial charge in [0.05, 0.1) is 6.42 Å². The number of benzene rings is 2. The second-order valence-corrected chi connectivity index (χ2v) is 10.2. The number of carboxylic acids is 1. The first-order valence-electron chi connectivity index (χ1n) is 12.4. The molecule has 2 aliphatic carbocycles. The minimum Gasteiger partial charge on any atom is -0.481 e. The molecule has 0 spiro atoms. The van der Waals surface area contributed by atoms with Gasteiger partial charge in [-0.25, -0.2) is 4.79 Å². The zero-order valence-corrected chi connectivity index (χ0v) is 20.5. The van der Waals surface area contributed by atoms with E-state index in [1.165, 1.54) is 11.1 Å². The summed E-state index contributed by atoms with van der Waals surface area (Å²) in [6, 6.07) is 16.4. The number of carboxylic acid groups (broad SMARTS) is 1. The molecule has 0 bridgehead atoms. The Morgan fingerprint density at radius 3 is 2.20 bits per heavy atom. The van der Waals surface area contributed by atoms with Gasteiger partial charge in [0.25, 0.3) is 0 Å². The molecule has 0 radical (unpaired) electrons. The summed E-state index contributed by atoms with van der Waals surface area (Å²) in [5, 5.41) is 11.8. The number of nitrogens with one attached hydrogen (secondary N) is 1. The molecule has 2 aromatic rings. The summed E-state index contributed by atoms with van der Waals surface area (Å²) in [6.45, 7) is 5.05. The minimum absolute atomic E-state index is 0.00335. The van der Waals surface area contributed by atoms with Crippen LogP contribution in [0.15, 0.2) is 48.5 Å². The van der Waals surface area contributed by atoms with Crippen LogP contribution in [-0.4, -0.2) is 54.2 Å². The number of hydrogen-bond acceptors (Lipinski definition) is 4. The molecule has 0 unspecified atom stereocenters. The van der Waals surface area contributed by atoms with Gasteiger partial charge in [0, 0.05) is 31.0 Å². The predicted molar refractivity (Wildman–Crippen MR) is 133 cm³/mol. The van der Waals surface area contributed by atoms with Crippen LogP contribution in [0.4, 0.5) is 4.79 Å². The Bertz CT molecular complexity index is 1050. The third-order valence-corrected chi connectivity index (χ3v) is 7.00. The maximum absolute atomic E-state index is 13.1. The topological polar surface area (TPSA) is 95.9 Å². The molecule has 7 heteroatoms. The van der Waals surface area contributed by atoms with Crippen molar-refractivity contribution < 1.29 is 24.2 Å². The van der Waals surface area contributed by atoms with E-state index in [1.54, 1.807) is 4.90 Å². The number of amides is 2. The van der Waals surface area contributed by atoms with Crippen LogP contribution in [0.25, 0.3) is 11.1 Å². The maximum Gasteiger partial charge on any atom is 0.407 e. The smallest absolute Gasteiger partial charge is 0.407 e. The van der Waals surface area contributed by atoms with Gasteiger partial charge < -0.3 is 20.1 Å². The van der Waals surface area contributed by atoms with Crippen molar-refractivity contribution in [2.45, 2.75) is 45.4 Å². The number of fused-ring (bicyclic) bond motifs is 3. The van der Waals surface area contributed by atoms with Gasteiger partial charge in [0.1, 0.15) is 6.61 Å². The Balaban J connectivity index is 1.28. The van der Waals surface area contributed by atoms with E-state index >= 15 is 0 Å². The lowest BCUT2D eigenvalue weighted by Gasteiger charge is -2.32. The van der Waals surface area contributed by atoms with Gasteiger partial charge in [-0.1, -0.05) is 62.4 Å². The summed E-state index contributed by atoms with van der Waals surface area (Å²) in [7, 11) is 0. The Hall–Kier alpha value is -3.35. The van der Waals surface area contributed by atoms with Crippen molar-refractivity contribution in [3.8, 4) is 11.1 Å². The monoisotopic (exact) mass is 478 g/mol. The van der Waals surface area contributed by atoms with Crippen LogP contribution < -0.4 is 5.32 Å². The summed E-state index contributed by atoms with van der Waals surface area (Å²) < 4.78 is 5.58. The van der Waals surface area contributed by atoms with E-state index in [0.717, 1.165) is 24.0 Å². The standard InChI is InChI=1S/C28H34N2O5/c1-28(2,26(33)30(16-13-25(31)32)17-19-11-12-19)14-15-29-27(34)35-18-24-22-9-5-3-7-20(22)21-8-4-6-10-23(21)24/h3-10,19,24H,11-18H2,1-2H3,(H,29,34)(H,31,32). The molecule has 2 aliphatic rings. The Morgan fingerprint density at radius 2 is 1.63 bits per heavy atom. The highest BCUT2D eigenvalue weighted by molar-refractivity contribution is 5.82. The number of carbonyl (C=O) groups is 3. The first kappa shape index (κ1) is 24.8. The molecule has 0 aromatic heterocycles. The number of alkyl carbamates (subject to hydrolysis) is 1. The minimum atomic E-state index is -0.909. The van der Waals surface area contributed by atoms with E-state index < -0.39 is 17.5 Å². The lowest BCUT2D eigenvalue weighted by Crippen LogP contribution is -2.44. The van der Waals surface area contributed by atoms with E-state index in [-0.39, 0.29) is 31.4 Å². The van der Waals surface area contributed by atoms with Crippen LogP contribution in [-0.2, 0) is 14.3 Å². The first-order chi connectivity index (χ1) is 16.8. The van der Waals surface area contributed by atoms with Crippen LogP contribution in [0.1, 0.15) is 56.6 Å². The van der Waals surface area contributed by atoms with Crippen molar-refractivity contribution in [1.82, 2.24) is 10.2 Å². The number of nitrogens with zero attached hydrogens (tertiary/aromatic N) is 1. The largest absolute Gasteiger partial charge is 0.481 e. The first-order valence-corrected chi connectivity index (χ1v) is 12.4. The summed E-state index contributed by atoms with van der Waals surface area (Å²) in [5.41, 5.74) is 3.95. The molecular weight excluding hydrogens is 444 g/mol. The fourth-order valence-electron chi connectivity index (χ4n) is 4.78. The quantitative estimate of drug-likeness (QED) is 0.490. The maximum atomic E-state index is 13.1. The molecule has 0 saturated heterocycles. The second kappa shape index (κ2) is 10.5. The van der Waals surface area contributed by atoms with Gasteiger partial charge in [0.2, 0.25) is 5.91 Å². The van der Waals surface area contributed by atoms with E-state index in [1.807, 2.05) is 38.1 Å². The molecular formula is C28H34N2O5. The molecule has 2 N–H and O–H groups in total. The summed E-state index contributed by atoms with van der Waals surface area (Å²) >= 11 is 0. The molecule has 35 heavy (non-hydrogen) atoms. The summed E-state index contributed by atoms with van der Waals surface area (Å²) in [6.07, 6.45) is 2.04. The van der Waals surface area contributed by atoms with Crippen LogP contribution in [0.2, 0.25) is 0 Å². The van der Waals surface area contributed by atoms with Gasteiger partial charge in [-0.3, -0.25) is 9.59 Å². The van der Waals surface area contributed by atoms with Crippen molar-refractivity contribution in [2.24, 2.45) is 11.3 Å².